The Morgan fingerprint density at radius 2 is 2.24 bits per heavy atom. The Balaban J connectivity index is 2.20. The predicted octanol–water partition coefficient (Wildman–Crippen LogP) is 2.07. The molecular weight excluding hydrogens is 292 g/mol. The van der Waals surface area contributed by atoms with Gasteiger partial charge in [0.15, 0.2) is 0 Å². The zero-order chi connectivity index (χ0) is 15.6. The number of imide groups is 1. The molecule has 1 aliphatic heterocycles. The number of hydrogen-bond donors (Lipinski definition) is 2. The molecule has 0 saturated carbocycles. The van der Waals surface area contributed by atoms with E-state index in [1.165, 1.54) is 22.3 Å². The Hall–Kier alpha value is -2.15. The van der Waals surface area contributed by atoms with E-state index in [4.69, 9.17) is 5.11 Å². The van der Waals surface area contributed by atoms with Crippen molar-refractivity contribution >= 4 is 35.3 Å². The number of amides is 3. The number of thiophene rings is 1. The van der Waals surface area contributed by atoms with Crippen LogP contribution in [0.2, 0.25) is 0 Å². The number of carbonyl (C=O) groups is 3. The summed E-state index contributed by atoms with van der Waals surface area (Å²) in [5.41, 5.74) is -0.154. The van der Waals surface area contributed by atoms with E-state index in [-0.39, 0.29) is 12.5 Å². The average Bonchev–Trinajstić information content (AvgIpc) is 2.95. The topological polar surface area (TPSA) is 86.7 Å². The van der Waals surface area contributed by atoms with Gasteiger partial charge >= 0.3 is 12.0 Å². The minimum Gasteiger partial charge on any atom is -0.478 e. The maximum Gasteiger partial charge on any atom is 0.328 e. The standard InChI is InChI=1S/C14H16N2O4S/c1-3-14(2)12(19)16(13(20)15-14)8-10-9(6-7-21-10)4-5-11(17)18/h4-7H,3,8H2,1-2H3,(H,15,20)(H,17,18). The summed E-state index contributed by atoms with van der Waals surface area (Å²) in [7, 11) is 0. The third kappa shape index (κ3) is 2.97. The van der Waals surface area contributed by atoms with E-state index in [0.717, 1.165) is 11.0 Å². The molecule has 1 fully saturated rings. The fraction of sp³-hybridized carbons (Fsp3) is 0.357. The molecule has 1 saturated heterocycles. The van der Waals surface area contributed by atoms with Crippen LogP contribution >= 0.6 is 11.3 Å². The molecule has 1 atom stereocenters. The summed E-state index contributed by atoms with van der Waals surface area (Å²) in [6.07, 6.45) is 3.02. The summed E-state index contributed by atoms with van der Waals surface area (Å²) in [4.78, 5) is 36.8. The second-order valence-electron chi connectivity index (χ2n) is 4.98. The first-order valence-corrected chi connectivity index (χ1v) is 7.37. The number of aliphatic carboxylic acids is 1. The molecule has 1 aromatic heterocycles. The van der Waals surface area contributed by atoms with Crippen LogP contribution in [0.4, 0.5) is 4.79 Å². The molecule has 112 valence electrons. The Bertz CT molecular complexity index is 622. The van der Waals surface area contributed by atoms with Gasteiger partial charge in [-0.2, -0.15) is 0 Å². The van der Waals surface area contributed by atoms with Crippen molar-refractivity contribution in [3.8, 4) is 0 Å². The largest absolute Gasteiger partial charge is 0.478 e. The molecule has 0 bridgehead atoms. The molecule has 0 aliphatic carbocycles. The normalized spacial score (nSPS) is 22.1. The van der Waals surface area contributed by atoms with Gasteiger partial charge in [0.05, 0.1) is 6.54 Å². The van der Waals surface area contributed by atoms with E-state index >= 15 is 0 Å². The zero-order valence-corrected chi connectivity index (χ0v) is 12.6. The van der Waals surface area contributed by atoms with Gasteiger partial charge in [0.25, 0.3) is 5.91 Å². The van der Waals surface area contributed by atoms with Crippen LogP contribution < -0.4 is 5.32 Å². The van der Waals surface area contributed by atoms with Gasteiger partial charge < -0.3 is 10.4 Å². The first kappa shape index (κ1) is 15.2. The number of hydrogen-bond acceptors (Lipinski definition) is 4. The Kier molecular flexibility index (Phi) is 4.13. The summed E-state index contributed by atoms with van der Waals surface area (Å²) >= 11 is 1.38. The van der Waals surface area contributed by atoms with Crippen molar-refractivity contribution in [3.05, 3.63) is 28.0 Å². The summed E-state index contributed by atoms with van der Waals surface area (Å²) in [6.45, 7) is 3.69. The number of carbonyl (C=O) groups excluding carboxylic acids is 2. The van der Waals surface area contributed by atoms with E-state index in [0.29, 0.717) is 12.0 Å². The second-order valence-corrected chi connectivity index (χ2v) is 5.98. The number of urea groups is 1. The van der Waals surface area contributed by atoms with E-state index in [2.05, 4.69) is 5.32 Å². The number of rotatable bonds is 5. The molecule has 2 N–H and O–H groups in total. The van der Waals surface area contributed by atoms with Crippen LogP contribution in [0.15, 0.2) is 17.5 Å². The molecule has 0 radical (unpaired) electrons. The van der Waals surface area contributed by atoms with Gasteiger partial charge in [-0.15, -0.1) is 11.3 Å². The molecule has 1 aromatic rings. The van der Waals surface area contributed by atoms with Gasteiger partial charge in [-0.3, -0.25) is 9.69 Å². The van der Waals surface area contributed by atoms with Crippen molar-refractivity contribution in [2.45, 2.75) is 32.4 Å². The highest BCUT2D eigenvalue weighted by molar-refractivity contribution is 7.10. The van der Waals surface area contributed by atoms with Gasteiger partial charge in [-0.25, -0.2) is 9.59 Å². The van der Waals surface area contributed by atoms with Crippen LogP contribution in [0.1, 0.15) is 30.7 Å². The summed E-state index contributed by atoms with van der Waals surface area (Å²) in [6, 6.07) is 1.35. The molecule has 0 aromatic carbocycles. The van der Waals surface area contributed by atoms with Crippen molar-refractivity contribution in [2.24, 2.45) is 0 Å². The maximum atomic E-state index is 12.3. The number of carboxylic acid groups (broad SMARTS) is 1. The quantitative estimate of drug-likeness (QED) is 0.644. The second kappa shape index (κ2) is 5.69. The highest BCUT2D eigenvalue weighted by atomic mass is 32.1. The van der Waals surface area contributed by atoms with Crippen molar-refractivity contribution in [1.82, 2.24) is 10.2 Å². The fourth-order valence-corrected chi connectivity index (χ4v) is 2.92. The van der Waals surface area contributed by atoms with Crippen molar-refractivity contribution < 1.29 is 19.5 Å². The Morgan fingerprint density at radius 1 is 1.52 bits per heavy atom. The molecule has 6 nitrogen and oxygen atoms in total. The number of nitrogens with one attached hydrogen (secondary N) is 1. The molecule has 0 spiro atoms. The molecular formula is C14H16N2O4S. The lowest BCUT2D eigenvalue weighted by Gasteiger charge is -2.19. The lowest BCUT2D eigenvalue weighted by atomic mass is 9.99. The van der Waals surface area contributed by atoms with Crippen LogP contribution in [0.3, 0.4) is 0 Å². The number of carboxylic acids is 1. The smallest absolute Gasteiger partial charge is 0.328 e. The lowest BCUT2D eigenvalue weighted by Crippen LogP contribution is -2.43. The van der Waals surface area contributed by atoms with Gasteiger partial charge in [-0.1, -0.05) is 6.92 Å². The van der Waals surface area contributed by atoms with Crippen molar-refractivity contribution in [1.29, 1.82) is 0 Å². The summed E-state index contributed by atoms with van der Waals surface area (Å²) < 4.78 is 0. The van der Waals surface area contributed by atoms with Gasteiger partial charge in [-0.05, 0) is 36.4 Å². The maximum absolute atomic E-state index is 12.3. The third-order valence-electron chi connectivity index (χ3n) is 3.54. The molecule has 1 unspecified atom stereocenters. The Morgan fingerprint density at radius 3 is 2.81 bits per heavy atom. The minimum absolute atomic E-state index is 0.150. The van der Waals surface area contributed by atoms with Crippen LogP contribution in [0.25, 0.3) is 6.08 Å². The van der Waals surface area contributed by atoms with Crippen LogP contribution in [0.5, 0.6) is 0 Å². The molecule has 21 heavy (non-hydrogen) atoms. The third-order valence-corrected chi connectivity index (χ3v) is 4.46. The highest BCUT2D eigenvalue weighted by Crippen LogP contribution is 2.26. The van der Waals surface area contributed by atoms with E-state index in [1.54, 1.807) is 18.4 Å². The van der Waals surface area contributed by atoms with Crippen molar-refractivity contribution in [3.63, 3.8) is 0 Å². The van der Waals surface area contributed by atoms with Crippen LogP contribution in [-0.2, 0) is 16.1 Å². The SMILES string of the molecule is CCC1(C)NC(=O)N(Cc2sccc2C=CC(=O)O)C1=O. The molecule has 3 amide bonds. The fourth-order valence-electron chi connectivity index (χ4n) is 2.06. The van der Waals surface area contributed by atoms with E-state index in [1.807, 2.05) is 6.92 Å². The molecule has 2 rings (SSSR count). The summed E-state index contributed by atoms with van der Waals surface area (Å²) in [5.74, 6) is -1.29. The van der Waals surface area contributed by atoms with Gasteiger partial charge in [0.2, 0.25) is 0 Å². The average molecular weight is 308 g/mol. The zero-order valence-electron chi connectivity index (χ0n) is 11.8. The van der Waals surface area contributed by atoms with Gasteiger partial charge in [0.1, 0.15) is 5.54 Å². The van der Waals surface area contributed by atoms with Crippen molar-refractivity contribution in [2.75, 3.05) is 0 Å². The predicted molar refractivity (Wildman–Crippen MR) is 78.8 cm³/mol. The van der Waals surface area contributed by atoms with E-state index in [9.17, 15) is 14.4 Å². The lowest BCUT2D eigenvalue weighted by molar-refractivity contribution is -0.132. The van der Waals surface area contributed by atoms with Crippen LogP contribution in [-0.4, -0.2) is 33.5 Å². The number of nitrogens with zero attached hydrogens (tertiary/aromatic N) is 1. The monoisotopic (exact) mass is 308 g/mol. The summed E-state index contributed by atoms with van der Waals surface area (Å²) in [5, 5.41) is 13.2. The van der Waals surface area contributed by atoms with Crippen LogP contribution in [0, 0.1) is 0 Å². The van der Waals surface area contributed by atoms with Gasteiger partial charge in [0, 0.05) is 11.0 Å². The first-order chi connectivity index (χ1) is 9.87. The Labute approximate surface area is 126 Å². The highest BCUT2D eigenvalue weighted by Gasteiger charge is 2.46. The molecule has 1 aliphatic rings. The minimum atomic E-state index is -1.04. The molecule has 7 heteroatoms. The molecule has 2 heterocycles. The van der Waals surface area contributed by atoms with E-state index < -0.39 is 17.5 Å². The first-order valence-electron chi connectivity index (χ1n) is 6.49.